The van der Waals surface area contributed by atoms with E-state index in [9.17, 15) is 13.2 Å². The molecule has 1 N–H and O–H groups in total. The molecule has 108 valence electrons. The Morgan fingerprint density at radius 3 is 2.65 bits per heavy atom. The SMILES string of the molecule is C[C@@H]1CN[C@@H](C)CN1c1ccc(C#N)cc1C(F)(F)F. The van der Waals surface area contributed by atoms with Gasteiger partial charge in [-0.25, -0.2) is 0 Å². The first-order valence-electron chi connectivity index (χ1n) is 6.44. The molecule has 2 rings (SSSR count). The Kier molecular flexibility index (Phi) is 3.91. The summed E-state index contributed by atoms with van der Waals surface area (Å²) < 4.78 is 39.6. The molecular formula is C14H16F3N3. The van der Waals surface area contributed by atoms with E-state index in [-0.39, 0.29) is 23.3 Å². The molecule has 0 aliphatic carbocycles. The zero-order valence-electron chi connectivity index (χ0n) is 11.3. The van der Waals surface area contributed by atoms with Crippen molar-refractivity contribution in [3.63, 3.8) is 0 Å². The van der Waals surface area contributed by atoms with E-state index >= 15 is 0 Å². The molecule has 0 aromatic heterocycles. The van der Waals surface area contributed by atoms with Crippen molar-refractivity contribution in [2.24, 2.45) is 0 Å². The summed E-state index contributed by atoms with van der Waals surface area (Å²) in [5.41, 5.74) is -0.563. The third kappa shape index (κ3) is 2.88. The molecule has 20 heavy (non-hydrogen) atoms. The molecule has 0 bridgehead atoms. The van der Waals surface area contributed by atoms with E-state index in [1.807, 2.05) is 13.8 Å². The van der Waals surface area contributed by atoms with E-state index in [0.717, 1.165) is 6.07 Å². The highest BCUT2D eigenvalue weighted by Gasteiger charge is 2.37. The summed E-state index contributed by atoms with van der Waals surface area (Å²) in [6.45, 7) is 4.97. The van der Waals surface area contributed by atoms with Crippen LogP contribution in [0, 0.1) is 11.3 Å². The number of nitriles is 1. The zero-order valence-corrected chi connectivity index (χ0v) is 11.3. The molecule has 1 aliphatic rings. The summed E-state index contributed by atoms with van der Waals surface area (Å²) in [5, 5.41) is 12.0. The lowest BCUT2D eigenvalue weighted by atomic mass is 10.0. The highest BCUT2D eigenvalue weighted by molar-refractivity contribution is 5.59. The number of hydrogen-bond donors (Lipinski definition) is 1. The number of benzene rings is 1. The van der Waals surface area contributed by atoms with Gasteiger partial charge in [0.25, 0.3) is 0 Å². The van der Waals surface area contributed by atoms with Gasteiger partial charge in [0.1, 0.15) is 0 Å². The predicted molar refractivity (Wildman–Crippen MR) is 70.4 cm³/mol. The van der Waals surface area contributed by atoms with Crippen LogP contribution in [-0.2, 0) is 6.18 Å². The van der Waals surface area contributed by atoms with Gasteiger partial charge in [-0.3, -0.25) is 0 Å². The first-order valence-corrected chi connectivity index (χ1v) is 6.44. The van der Waals surface area contributed by atoms with Crippen LogP contribution in [0.1, 0.15) is 25.0 Å². The van der Waals surface area contributed by atoms with Crippen LogP contribution in [0.2, 0.25) is 0 Å². The fraction of sp³-hybridized carbons (Fsp3) is 0.500. The van der Waals surface area contributed by atoms with Crippen molar-refractivity contribution in [1.29, 1.82) is 5.26 Å². The van der Waals surface area contributed by atoms with E-state index < -0.39 is 11.7 Å². The molecule has 1 saturated heterocycles. The Labute approximate surface area is 116 Å². The zero-order chi connectivity index (χ0) is 14.9. The lowest BCUT2D eigenvalue weighted by Gasteiger charge is -2.40. The summed E-state index contributed by atoms with van der Waals surface area (Å²) in [6.07, 6.45) is -4.46. The van der Waals surface area contributed by atoms with E-state index in [2.05, 4.69) is 5.32 Å². The van der Waals surface area contributed by atoms with Crippen LogP contribution in [0.3, 0.4) is 0 Å². The van der Waals surface area contributed by atoms with Gasteiger partial charge in [-0.2, -0.15) is 18.4 Å². The molecule has 0 unspecified atom stereocenters. The molecule has 6 heteroatoms. The van der Waals surface area contributed by atoms with Crippen LogP contribution in [-0.4, -0.2) is 25.2 Å². The van der Waals surface area contributed by atoms with Gasteiger partial charge in [-0.1, -0.05) is 0 Å². The normalized spacial score (nSPS) is 23.5. The van der Waals surface area contributed by atoms with Crippen molar-refractivity contribution in [3.05, 3.63) is 29.3 Å². The van der Waals surface area contributed by atoms with Gasteiger partial charge in [-0.05, 0) is 32.0 Å². The quantitative estimate of drug-likeness (QED) is 0.861. The molecule has 1 fully saturated rings. The first kappa shape index (κ1) is 14.7. The number of nitrogens with one attached hydrogen (secondary N) is 1. The standard InChI is InChI=1S/C14H16F3N3/c1-9-8-20(10(2)7-19-9)13-4-3-11(6-18)5-12(13)14(15,16)17/h3-5,9-10,19H,7-8H2,1-2H3/t9-,10+/m0/s1. The highest BCUT2D eigenvalue weighted by Crippen LogP contribution is 2.38. The van der Waals surface area contributed by atoms with E-state index in [1.54, 1.807) is 11.0 Å². The monoisotopic (exact) mass is 283 g/mol. The maximum atomic E-state index is 13.2. The van der Waals surface area contributed by atoms with E-state index in [0.29, 0.717) is 13.1 Å². The average molecular weight is 283 g/mol. The minimum Gasteiger partial charge on any atom is -0.366 e. The van der Waals surface area contributed by atoms with Crippen molar-refractivity contribution in [2.45, 2.75) is 32.1 Å². The number of anilines is 1. The first-order chi connectivity index (χ1) is 9.32. The Hall–Kier alpha value is -1.74. The second-order valence-corrected chi connectivity index (χ2v) is 5.15. The van der Waals surface area contributed by atoms with Crippen LogP contribution in [0.25, 0.3) is 0 Å². The number of piperazine rings is 1. The fourth-order valence-corrected chi connectivity index (χ4v) is 2.44. The molecule has 1 aromatic rings. The van der Waals surface area contributed by atoms with Crippen molar-refractivity contribution in [2.75, 3.05) is 18.0 Å². The summed E-state index contributed by atoms with van der Waals surface area (Å²) in [7, 11) is 0. The number of rotatable bonds is 1. The van der Waals surface area contributed by atoms with Crippen molar-refractivity contribution in [3.8, 4) is 6.07 Å². The molecule has 1 aliphatic heterocycles. The van der Waals surface area contributed by atoms with E-state index in [1.165, 1.54) is 12.1 Å². The van der Waals surface area contributed by atoms with Crippen molar-refractivity contribution < 1.29 is 13.2 Å². The van der Waals surface area contributed by atoms with Gasteiger partial charge >= 0.3 is 6.18 Å². The van der Waals surface area contributed by atoms with Crippen LogP contribution >= 0.6 is 0 Å². The van der Waals surface area contributed by atoms with Crippen LogP contribution < -0.4 is 10.2 Å². The van der Waals surface area contributed by atoms with Gasteiger partial charge in [0.15, 0.2) is 0 Å². The Morgan fingerprint density at radius 2 is 2.05 bits per heavy atom. The minimum absolute atomic E-state index is 0.0249. The number of hydrogen-bond acceptors (Lipinski definition) is 3. The molecule has 0 saturated carbocycles. The van der Waals surface area contributed by atoms with Gasteiger partial charge in [0.2, 0.25) is 0 Å². The third-order valence-electron chi connectivity index (χ3n) is 3.50. The van der Waals surface area contributed by atoms with E-state index in [4.69, 9.17) is 5.26 Å². The second kappa shape index (κ2) is 5.33. The van der Waals surface area contributed by atoms with Crippen LogP contribution in [0.4, 0.5) is 18.9 Å². The minimum atomic E-state index is -4.46. The maximum absolute atomic E-state index is 13.2. The van der Waals surface area contributed by atoms with Crippen LogP contribution in [0.5, 0.6) is 0 Å². The molecule has 2 atom stereocenters. The average Bonchev–Trinajstić information content (AvgIpc) is 2.40. The lowest BCUT2D eigenvalue weighted by Crippen LogP contribution is -2.54. The topological polar surface area (TPSA) is 39.1 Å². The van der Waals surface area contributed by atoms with Gasteiger partial charge < -0.3 is 10.2 Å². The maximum Gasteiger partial charge on any atom is 0.418 e. The molecule has 3 nitrogen and oxygen atoms in total. The van der Waals surface area contributed by atoms with Gasteiger partial charge in [0, 0.05) is 30.9 Å². The molecule has 0 radical (unpaired) electrons. The largest absolute Gasteiger partial charge is 0.418 e. The Morgan fingerprint density at radius 1 is 1.35 bits per heavy atom. The summed E-state index contributed by atoms with van der Waals surface area (Å²) in [6, 6.07) is 5.62. The summed E-state index contributed by atoms with van der Waals surface area (Å²) in [4.78, 5) is 1.76. The second-order valence-electron chi connectivity index (χ2n) is 5.15. The van der Waals surface area contributed by atoms with Crippen molar-refractivity contribution >= 4 is 5.69 Å². The molecular weight excluding hydrogens is 267 g/mol. The van der Waals surface area contributed by atoms with Gasteiger partial charge in [0.05, 0.1) is 17.2 Å². The Bertz CT molecular complexity index is 533. The van der Waals surface area contributed by atoms with Crippen LogP contribution in [0.15, 0.2) is 18.2 Å². The number of nitrogens with zero attached hydrogens (tertiary/aromatic N) is 2. The summed E-state index contributed by atoms with van der Waals surface area (Å²) >= 11 is 0. The fourth-order valence-electron chi connectivity index (χ4n) is 2.44. The highest BCUT2D eigenvalue weighted by atomic mass is 19.4. The Balaban J connectivity index is 2.47. The molecule has 0 spiro atoms. The summed E-state index contributed by atoms with van der Waals surface area (Å²) in [5.74, 6) is 0. The molecule has 1 aromatic carbocycles. The third-order valence-corrected chi connectivity index (χ3v) is 3.50. The molecule has 0 amide bonds. The number of halogens is 3. The molecule has 1 heterocycles. The smallest absolute Gasteiger partial charge is 0.366 e. The van der Waals surface area contributed by atoms with Crippen molar-refractivity contribution in [1.82, 2.24) is 5.32 Å². The van der Waals surface area contributed by atoms with Gasteiger partial charge in [-0.15, -0.1) is 0 Å². The number of alkyl halides is 3. The lowest BCUT2D eigenvalue weighted by molar-refractivity contribution is -0.137. The predicted octanol–water partition coefficient (Wildman–Crippen LogP) is 2.76.